The van der Waals surface area contributed by atoms with Crippen molar-refractivity contribution in [3.8, 4) is 5.75 Å². The molecule has 1 aromatic carbocycles. The molecule has 5 nitrogen and oxygen atoms in total. The van der Waals surface area contributed by atoms with Crippen molar-refractivity contribution in [2.75, 3.05) is 25.2 Å². The highest BCUT2D eigenvalue weighted by atomic mass is 28.4. The fourth-order valence-corrected chi connectivity index (χ4v) is 8.21. The van der Waals surface area contributed by atoms with Crippen molar-refractivity contribution in [2.45, 2.75) is 77.3 Å². The quantitative estimate of drug-likeness (QED) is 0.267. The van der Waals surface area contributed by atoms with Crippen LogP contribution < -0.4 is 9.64 Å². The molecule has 2 aliphatic heterocycles. The number of carbonyl (C=O) groups excluding carboxylic acids is 1. The van der Waals surface area contributed by atoms with Crippen LogP contribution in [0.25, 0.3) is 0 Å². The van der Waals surface area contributed by atoms with Gasteiger partial charge in [-0.3, -0.25) is 4.79 Å². The fraction of sp³-hybridized carbons (Fsp3) is 0.593. The van der Waals surface area contributed by atoms with Crippen molar-refractivity contribution in [3.05, 3.63) is 47.1 Å². The van der Waals surface area contributed by atoms with Gasteiger partial charge >= 0.3 is 0 Å². The summed E-state index contributed by atoms with van der Waals surface area (Å²) >= 11 is 0. The number of methoxy groups -OCH3 is 1. The molecular weight excluding hydrogens is 449 g/mol. The second kappa shape index (κ2) is 10.3. The summed E-state index contributed by atoms with van der Waals surface area (Å²) in [7, 11) is -1.60. The molecule has 1 N–H and O–H groups in total. The van der Waals surface area contributed by atoms with Gasteiger partial charge in [0.25, 0.3) is 5.91 Å². The van der Waals surface area contributed by atoms with Crippen molar-refractivity contribution < 1.29 is 23.5 Å². The molecule has 1 amide bonds. The minimum absolute atomic E-state index is 0.106. The van der Waals surface area contributed by atoms with Crippen LogP contribution in [0.4, 0.5) is 9.80 Å². The Balaban J connectivity index is 2.02. The number of nitrogens with zero attached hydrogens (tertiary/aromatic N) is 1. The lowest BCUT2D eigenvalue weighted by atomic mass is 9.82. The molecule has 0 aliphatic carbocycles. The molecule has 0 radical (unpaired) electrons. The number of carbonyl (C=O) groups is 1. The molecule has 4 atom stereocenters. The van der Waals surface area contributed by atoms with Gasteiger partial charge in [0.2, 0.25) is 8.41 Å². The smallest absolute Gasteiger partial charge is 0.264 e. The Morgan fingerprint density at radius 3 is 2.59 bits per heavy atom. The maximum atomic E-state index is 15.5. The molecule has 1 spiro atoms. The summed E-state index contributed by atoms with van der Waals surface area (Å²) < 4.78 is 27.5. The summed E-state index contributed by atoms with van der Waals surface area (Å²) in [5.41, 5.74) is 2.37. The molecule has 7 heteroatoms. The summed E-state index contributed by atoms with van der Waals surface area (Å²) in [4.78, 5) is 15.9. The molecule has 3 rings (SSSR count). The van der Waals surface area contributed by atoms with E-state index in [0.717, 1.165) is 24.1 Å². The number of ether oxygens (including phenoxy) is 2. The average Bonchev–Trinajstić information content (AvgIpc) is 3.18. The number of benzene rings is 1. The monoisotopic (exact) mass is 489 g/mol. The van der Waals surface area contributed by atoms with E-state index in [0.29, 0.717) is 18.7 Å². The van der Waals surface area contributed by atoms with E-state index in [4.69, 9.17) is 9.47 Å². The number of anilines is 1. The average molecular weight is 490 g/mol. The van der Waals surface area contributed by atoms with E-state index < -0.39 is 25.7 Å². The van der Waals surface area contributed by atoms with Gasteiger partial charge in [-0.2, -0.15) is 0 Å². The maximum Gasteiger partial charge on any atom is 0.264 e. The van der Waals surface area contributed by atoms with Crippen LogP contribution in [0, 0.1) is 5.92 Å². The lowest BCUT2D eigenvalue weighted by Gasteiger charge is -2.31. The number of aliphatic hydroxyl groups is 1. The topological polar surface area (TPSA) is 59.0 Å². The molecule has 1 fully saturated rings. The molecule has 0 saturated carbocycles. The highest BCUT2D eigenvalue weighted by molar-refractivity contribution is 6.72. The third kappa shape index (κ3) is 4.88. The van der Waals surface area contributed by atoms with E-state index in [2.05, 4.69) is 32.9 Å². The first-order valence-electron chi connectivity index (χ1n) is 12.2. The largest absolute Gasteiger partial charge is 0.497 e. The van der Waals surface area contributed by atoms with Crippen molar-refractivity contribution in [1.29, 1.82) is 0 Å². The number of allylic oxidation sites excluding steroid dienone is 3. The molecule has 1 saturated heterocycles. The molecule has 0 aromatic heterocycles. The Morgan fingerprint density at radius 2 is 2.00 bits per heavy atom. The third-order valence-electron chi connectivity index (χ3n) is 7.30. The van der Waals surface area contributed by atoms with E-state index >= 15 is 4.11 Å². The first-order valence-corrected chi connectivity index (χ1v) is 15.2. The van der Waals surface area contributed by atoms with Gasteiger partial charge in [0.05, 0.1) is 18.9 Å². The van der Waals surface area contributed by atoms with Crippen LogP contribution in [0.15, 0.2) is 41.5 Å². The molecule has 0 unspecified atom stereocenters. The Hall–Kier alpha value is -1.96. The number of amides is 1. The standard InChI is InChI=1S/C27H40FNO4Si/c1-18(2)9-8-10-19(3)13-15-29-23-12-11-21(32-5)17-22(23)27(26(29)31)20(4)25(34(6,7)28)24(33-27)14-16-30/h9,11-13,17,20,24-25,30H,8,10,14-16H2,1-7H3/b19-13+/t20-,24+,25-,27+/m1/s1. The Labute approximate surface area is 204 Å². The van der Waals surface area contributed by atoms with Crippen molar-refractivity contribution >= 4 is 20.0 Å². The number of hydrogen-bond acceptors (Lipinski definition) is 4. The maximum absolute atomic E-state index is 15.5. The van der Waals surface area contributed by atoms with E-state index in [1.165, 1.54) is 11.1 Å². The SMILES string of the molecule is COc1ccc2c(c1)[C@]1(O[C@@H](CCO)[C@H]([Si](C)(C)F)[C@H]1C)C(=O)N2C/C=C(\C)CCC=C(C)C. The summed E-state index contributed by atoms with van der Waals surface area (Å²) in [6.07, 6.45) is 6.02. The first-order chi connectivity index (χ1) is 16.0. The van der Waals surface area contributed by atoms with Gasteiger partial charge in [0, 0.05) is 30.2 Å². The van der Waals surface area contributed by atoms with Gasteiger partial charge in [0.1, 0.15) is 5.75 Å². The van der Waals surface area contributed by atoms with E-state index in [9.17, 15) is 9.90 Å². The lowest BCUT2D eigenvalue weighted by molar-refractivity contribution is -0.146. The van der Waals surface area contributed by atoms with Gasteiger partial charge in [-0.05, 0) is 71.3 Å². The summed E-state index contributed by atoms with van der Waals surface area (Å²) in [6, 6.07) is 5.61. The highest BCUT2D eigenvalue weighted by Gasteiger charge is 2.66. The molecule has 2 aliphatic rings. The van der Waals surface area contributed by atoms with Crippen LogP contribution in [0.3, 0.4) is 0 Å². The number of aliphatic hydroxyl groups excluding tert-OH is 1. The summed E-state index contributed by atoms with van der Waals surface area (Å²) in [6.45, 7) is 11.9. The number of halogens is 1. The van der Waals surface area contributed by atoms with E-state index in [1.54, 1.807) is 25.1 Å². The van der Waals surface area contributed by atoms with Crippen LogP contribution >= 0.6 is 0 Å². The van der Waals surface area contributed by atoms with Gasteiger partial charge in [-0.25, -0.2) is 0 Å². The molecule has 1 aromatic rings. The Morgan fingerprint density at radius 1 is 1.29 bits per heavy atom. The zero-order valence-electron chi connectivity index (χ0n) is 21.7. The molecule has 34 heavy (non-hydrogen) atoms. The van der Waals surface area contributed by atoms with Crippen molar-refractivity contribution in [2.24, 2.45) is 5.92 Å². The van der Waals surface area contributed by atoms with Crippen LogP contribution in [-0.2, 0) is 15.1 Å². The predicted octanol–water partition coefficient (Wildman–Crippen LogP) is 5.89. The molecule has 188 valence electrons. The normalized spacial score (nSPS) is 26.9. The van der Waals surface area contributed by atoms with Gasteiger partial charge in [0.15, 0.2) is 5.60 Å². The first kappa shape index (κ1) is 26.6. The Kier molecular flexibility index (Phi) is 8.10. The van der Waals surface area contributed by atoms with Crippen LogP contribution in [0.1, 0.15) is 52.5 Å². The fourth-order valence-electron chi connectivity index (χ4n) is 5.67. The van der Waals surface area contributed by atoms with Gasteiger partial charge in [-0.15, -0.1) is 0 Å². The second-order valence-electron chi connectivity index (χ2n) is 10.5. The van der Waals surface area contributed by atoms with Gasteiger partial charge < -0.3 is 23.6 Å². The lowest BCUT2D eigenvalue weighted by Crippen LogP contribution is -2.45. The third-order valence-corrected chi connectivity index (χ3v) is 9.75. The molecule has 0 bridgehead atoms. The molecule has 2 heterocycles. The second-order valence-corrected chi connectivity index (χ2v) is 14.2. The Bertz CT molecular complexity index is 966. The minimum atomic E-state index is -3.19. The number of hydrogen-bond donors (Lipinski definition) is 1. The number of fused-ring (bicyclic) bond motifs is 2. The minimum Gasteiger partial charge on any atom is -0.497 e. The summed E-state index contributed by atoms with van der Waals surface area (Å²) in [5.74, 6) is 0.123. The van der Waals surface area contributed by atoms with E-state index in [-0.39, 0.29) is 18.4 Å². The van der Waals surface area contributed by atoms with Crippen molar-refractivity contribution in [3.63, 3.8) is 0 Å². The highest BCUT2D eigenvalue weighted by Crippen LogP contribution is 2.60. The summed E-state index contributed by atoms with van der Waals surface area (Å²) in [5, 5.41) is 9.66. The van der Waals surface area contributed by atoms with Crippen LogP contribution in [-0.4, -0.2) is 45.8 Å². The zero-order valence-corrected chi connectivity index (χ0v) is 22.7. The zero-order chi connectivity index (χ0) is 25.3. The predicted molar refractivity (Wildman–Crippen MR) is 138 cm³/mol. The molecular formula is C27H40FNO4Si. The van der Waals surface area contributed by atoms with Crippen molar-refractivity contribution in [1.82, 2.24) is 0 Å². The van der Waals surface area contributed by atoms with E-state index in [1.807, 2.05) is 25.1 Å². The van der Waals surface area contributed by atoms with Crippen LogP contribution in [0.5, 0.6) is 5.75 Å². The number of rotatable bonds is 9. The van der Waals surface area contributed by atoms with Crippen LogP contribution in [0.2, 0.25) is 18.6 Å². The van der Waals surface area contributed by atoms with Gasteiger partial charge in [-0.1, -0.05) is 30.2 Å².